The Hall–Kier alpha value is -1.81. The van der Waals surface area contributed by atoms with E-state index >= 15 is 0 Å². The third-order valence-corrected chi connectivity index (χ3v) is 3.05. The van der Waals surface area contributed by atoms with Crippen LogP contribution in [0, 0.1) is 0 Å². The molecular weight excluding hydrogens is 280 g/mol. The van der Waals surface area contributed by atoms with E-state index in [1.54, 1.807) is 26.8 Å². The Morgan fingerprint density at radius 2 is 1.91 bits per heavy atom. The second-order valence-corrected chi connectivity index (χ2v) is 6.21. The summed E-state index contributed by atoms with van der Waals surface area (Å²) in [7, 11) is 0. The molecule has 0 aliphatic rings. The van der Waals surface area contributed by atoms with Crippen molar-refractivity contribution in [2.75, 3.05) is 0 Å². The van der Waals surface area contributed by atoms with Crippen molar-refractivity contribution in [1.29, 1.82) is 0 Å². The average molecular weight is 306 g/mol. The molecule has 0 fully saturated rings. The van der Waals surface area contributed by atoms with Crippen LogP contribution in [-0.4, -0.2) is 23.0 Å². The van der Waals surface area contributed by atoms with Crippen molar-refractivity contribution >= 4 is 6.16 Å². The van der Waals surface area contributed by atoms with Crippen LogP contribution >= 0.6 is 0 Å². The lowest BCUT2D eigenvalue weighted by atomic mass is 10.0. The van der Waals surface area contributed by atoms with E-state index in [-0.39, 0.29) is 0 Å². The van der Waals surface area contributed by atoms with E-state index in [2.05, 4.69) is 6.58 Å². The van der Waals surface area contributed by atoms with Crippen molar-refractivity contribution in [2.24, 2.45) is 0 Å². The second kappa shape index (κ2) is 8.59. The summed E-state index contributed by atoms with van der Waals surface area (Å²) < 4.78 is 10.3. The van der Waals surface area contributed by atoms with Crippen LogP contribution in [0.1, 0.15) is 51.7 Å². The van der Waals surface area contributed by atoms with Crippen LogP contribution in [0.2, 0.25) is 0 Å². The largest absolute Gasteiger partial charge is 0.509 e. The molecule has 4 nitrogen and oxygen atoms in total. The molecule has 1 aromatic rings. The first kappa shape index (κ1) is 18.2. The van der Waals surface area contributed by atoms with Crippen LogP contribution in [0.4, 0.5) is 4.79 Å². The van der Waals surface area contributed by atoms with Crippen LogP contribution in [-0.2, 0) is 9.47 Å². The molecule has 22 heavy (non-hydrogen) atoms. The Kier molecular flexibility index (Phi) is 7.12. The molecule has 1 aromatic carbocycles. The third-order valence-electron chi connectivity index (χ3n) is 3.05. The maximum absolute atomic E-state index is 11.6. The van der Waals surface area contributed by atoms with Gasteiger partial charge < -0.3 is 14.6 Å². The highest BCUT2D eigenvalue weighted by Crippen LogP contribution is 2.20. The Morgan fingerprint density at radius 1 is 1.27 bits per heavy atom. The number of aliphatic hydroxyl groups is 1. The highest BCUT2D eigenvalue weighted by atomic mass is 16.7. The van der Waals surface area contributed by atoms with E-state index in [4.69, 9.17) is 9.47 Å². The maximum Gasteiger partial charge on any atom is 0.509 e. The van der Waals surface area contributed by atoms with Crippen molar-refractivity contribution in [1.82, 2.24) is 0 Å². The molecular formula is C18H26O4. The predicted octanol–water partition coefficient (Wildman–Crippen LogP) is 4.40. The number of rotatable bonds is 7. The first-order valence-electron chi connectivity index (χ1n) is 7.57. The summed E-state index contributed by atoms with van der Waals surface area (Å²) in [5, 5.41) is 10.1. The molecule has 1 N–H and O–H groups in total. The Morgan fingerprint density at radius 3 is 2.45 bits per heavy atom. The Bertz CT molecular complexity index is 462. The minimum absolute atomic E-state index is 0.405. The smallest absolute Gasteiger partial charge is 0.429 e. The number of carbonyl (C=O) groups is 1. The van der Waals surface area contributed by atoms with Gasteiger partial charge in [-0.3, -0.25) is 0 Å². The fraction of sp³-hybridized carbons (Fsp3) is 0.500. The van der Waals surface area contributed by atoms with Gasteiger partial charge in [-0.1, -0.05) is 43.0 Å². The van der Waals surface area contributed by atoms with Crippen LogP contribution < -0.4 is 0 Å². The van der Waals surface area contributed by atoms with Gasteiger partial charge in [0.15, 0.2) is 0 Å². The van der Waals surface area contributed by atoms with Gasteiger partial charge in [0.2, 0.25) is 0 Å². The van der Waals surface area contributed by atoms with E-state index < -0.39 is 24.0 Å². The van der Waals surface area contributed by atoms with Crippen LogP contribution in [0.5, 0.6) is 0 Å². The van der Waals surface area contributed by atoms with E-state index in [0.717, 1.165) is 12.0 Å². The number of hydrogen-bond acceptors (Lipinski definition) is 4. The van der Waals surface area contributed by atoms with E-state index in [9.17, 15) is 9.90 Å². The van der Waals surface area contributed by atoms with Crippen LogP contribution in [0.25, 0.3) is 0 Å². The van der Waals surface area contributed by atoms with Crippen molar-refractivity contribution in [3.05, 3.63) is 48.6 Å². The van der Waals surface area contributed by atoms with E-state index in [0.29, 0.717) is 12.8 Å². The fourth-order valence-electron chi connectivity index (χ4n) is 1.98. The summed E-state index contributed by atoms with van der Waals surface area (Å²) in [4.78, 5) is 11.6. The van der Waals surface area contributed by atoms with Gasteiger partial charge in [-0.2, -0.15) is 0 Å². The number of ether oxygens (including phenoxy) is 2. The maximum atomic E-state index is 11.6. The topological polar surface area (TPSA) is 55.8 Å². The zero-order chi connectivity index (χ0) is 16.6. The summed E-state index contributed by atoms with van der Waals surface area (Å²) >= 11 is 0. The highest BCUT2D eigenvalue weighted by Gasteiger charge is 2.20. The fourth-order valence-corrected chi connectivity index (χ4v) is 1.98. The lowest BCUT2D eigenvalue weighted by molar-refractivity contribution is -0.0200. The molecule has 2 atom stereocenters. The lowest BCUT2D eigenvalue weighted by Gasteiger charge is -2.21. The number of benzene rings is 1. The third kappa shape index (κ3) is 7.27. The van der Waals surface area contributed by atoms with Crippen molar-refractivity contribution in [3.63, 3.8) is 0 Å². The van der Waals surface area contributed by atoms with E-state index in [1.165, 1.54) is 0 Å². The van der Waals surface area contributed by atoms with E-state index in [1.807, 2.05) is 30.3 Å². The van der Waals surface area contributed by atoms with Gasteiger partial charge in [-0.05, 0) is 45.6 Å². The molecule has 0 spiro atoms. The molecule has 122 valence electrons. The highest BCUT2D eigenvalue weighted by molar-refractivity contribution is 5.60. The molecule has 0 aliphatic heterocycles. The monoisotopic (exact) mass is 306 g/mol. The summed E-state index contributed by atoms with van der Waals surface area (Å²) in [5.41, 5.74) is 0.317. The van der Waals surface area contributed by atoms with Gasteiger partial charge in [0.05, 0.1) is 6.10 Å². The molecule has 0 heterocycles. The Labute approximate surface area is 132 Å². The first-order chi connectivity index (χ1) is 10.3. The summed E-state index contributed by atoms with van der Waals surface area (Å²) in [6.07, 6.45) is 1.90. The summed E-state index contributed by atoms with van der Waals surface area (Å²) in [6.45, 7) is 9.03. The number of hydrogen-bond donors (Lipinski definition) is 1. The number of carbonyl (C=O) groups excluding carboxylic acids is 1. The summed E-state index contributed by atoms with van der Waals surface area (Å²) in [5.74, 6) is 0. The van der Waals surface area contributed by atoms with Gasteiger partial charge in [-0.15, -0.1) is 0 Å². The normalized spacial score (nSPS) is 14.0. The summed E-state index contributed by atoms with van der Waals surface area (Å²) in [6, 6.07) is 9.51. The molecule has 0 aromatic heterocycles. The molecule has 1 rings (SSSR count). The lowest BCUT2D eigenvalue weighted by Crippen LogP contribution is -2.27. The van der Waals surface area contributed by atoms with Crippen molar-refractivity contribution in [2.45, 2.75) is 57.8 Å². The quantitative estimate of drug-likeness (QED) is 0.599. The average Bonchev–Trinajstić information content (AvgIpc) is 2.45. The molecule has 2 unspecified atom stereocenters. The zero-order valence-corrected chi connectivity index (χ0v) is 13.6. The van der Waals surface area contributed by atoms with Crippen LogP contribution in [0.3, 0.4) is 0 Å². The van der Waals surface area contributed by atoms with Crippen molar-refractivity contribution in [3.8, 4) is 0 Å². The molecule has 0 saturated carbocycles. The van der Waals surface area contributed by atoms with Gasteiger partial charge in [-0.25, -0.2) is 4.79 Å². The predicted molar refractivity (Wildman–Crippen MR) is 86.6 cm³/mol. The van der Waals surface area contributed by atoms with Crippen molar-refractivity contribution < 1.29 is 19.4 Å². The number of aliphatic hydroxyl groups excluding tert-OH is 1. The van der Waals surface area contributed by atoms with Gasteiger partial charge in [0.25, 0.3) is 0 Å². The molecule has 0 saturated heterocycles. The molecule has 0 radical (unpaired) electrons. The SMILES string of the molecule is C=CC(CCCC(O)c1ccccc1)OC(=O)OC(C)(C)C. The molecule has 0 aliphatic carbocycles. The standard InChI is InChI=1S/C18H26O4/c1-5-15(21-17(20)22-18(2,3)4)12-9-13-16(19)14-10-7-6-8-11-14/h5-8,10-11,15-16,19H,1,9,12-13H2,2-4H3. The zero-order valence-electron chi connectivity index (χ0n) is 13.6. The van der Waals surface area contributed by atoms with Gasteiger partial charge in [0.1, 0.15) is 11.7 Å². The van der Waals surface area contributed by atoms with Crippen LogP contribution in [0.15, 0.2) is 43.0 Å². The van der Waals surface area contributed by atoms with Gasteiger partial charge >= 0.3 is 6.16 Å². The first-order valence-corrected chi connectivity index (χ1v) is 7.57. The second-order valence-electron chi connectivity index (χ2n) is 6.21. The molecule has 0 amide bonds. The molecule has 0 bridgehead atoms. The minimum Gasteiger partial charge on any atom is -0.429 e. The minimum atomic E-state index is -0.694. The Balaban J connectivity index is 2.35. The molecule has 4 heteroatoms. The van der Waals surface area contributed by atoms with Gasteiger partial charge in [0, 0.05) is 0 Å².